The van der Waals surface area contributed by atoms with Gasteiger partial charge in [-0.15, -0.1) is 0 Å². The van der Waals surface area contributed by atoms with Crippen molar-refractivity contribution in [3.63, 3.8) is 0 Å². The van der Waals surface area contributed by atoms with Crippen LogP contribution < -0.4 is 5.32 Å². The first kappa shape index (κ1) is 13.6. The molecule has 1 fully saturated rings. The zero-order chi connectivity index (χ0) is 13.0. The average molecular weight is 251 g/mol. The van der Waals surface area contributed by atoms with Crippen LogP contribution in [-0.4, -0.2) is 29.2 Å². The summed E-state index contributed by atoms with van der Waals surface area (Å²) in [7, 11) is 0. The first-order chi connectivity index (χ1) is 8.54. The van der Waals surface area contributed by atoms with Gasteiger partial charge in [-0.2, -0.15) is 0 Å². The minimum Gasteiger partial charge on any atom is -0.370 e. The van der Waals surface area contributed by atoms with Crippen LogP contribution in [0.5, 0.6) is 0 Å². The van der Waals surface area contributed by atoms with Crippen LogP contribution in [0.2, 0.25) is 0 Å². The average Bonchev–Trinajstić information content (AvgIpc) is 2.82. The fraction of sp³-hybridized carbons (Fsp3) is 0.786. The van der Waals surface area contributed by atoms with E-state index in [1.165, 1.54) is 12.8 Å². The third-order valence-corrected chi connectivity index (χ3v) is 3.45. The zero-order valence-corrected chi connectivity index (χ0v) is 11.7. The molecule has 2 N–H and O–H groups in total. The molecule has 1 saturated heterocycles. The lowest BCUT2D eigenvalue weighted by molar-refractivity contribution is -0.00650. The highest BCUT2D eigenvalue weighted by Gasteiger charge is 2.23. The van der Waals surface area contributed by atoms with E-state index in [0.29, 0.717) is 11.5 Å². The van der Waals surface area contributed by atoms with Crippen LogP contribution in [0.15, 0.2) is 12.5 Å². The standard InChI is InChI=1S/C14H25N3O/c1-14(2,3)6-7-16-11-4-5-13(18-9-11)12-8-15-10-17-12/h8,10-11,13,16H,4-7,9H2,1-3H3,(H,15,17)/t11-,13+/m0/s1. The van der Waals surface area contributed by atoms with Gasteiger partial charge in [0, 0.05) is 6.04 Å². The summed E-state index contributed by atoms with van der Waals surface area (Å²) >= 11 is 0. The monoisotopic (exact) mass is 251 g/mol. The highest BCUT2D eigenvalue weighted by atomic mass is 16.5. The van der Waals surface area contributed by atoms with E-state index in [2.05, 4.69) is 36.1 Å². The summed E-state index contributed by atoms with van der Waals surface area (Å²) < 4.78 is 5.88. The van der Waals surface area contributed by atoms with E-state index in [9.17, 15) is 0 Å². The van der Waals surface area contributed by atoms with Crippen molar-refractivity contribution in [2.45, 2.75) is 52.2 Å². The Bertz CT molecular complexity index is 334. The number of aromatic amines is 1. The Labute approximate surface area is 110 Å². The lowest BCUT2D eigenvalue weighted by atomic mass is 9.92. The number of nitrogens with one attached hydrogen (secondary N) is 2. The van der Waals surface area contributed by atoms with Crippen molar-refractivity contribution in [2.24, 2.45) is 5.41 Å². The molecule has 0 saturated carbocycles. The Morgan fingerprint density at radius 3 is 2.83 bits per heavy atom. The van der Waals surface area contributed by atoms with Gasteiger partial charge < -0.3 is 15.0 Å². The number of nitrogens with zero attached hydrogens (tertiary/aromatic N) is 1. The van der Waals surface area contributed by atoms with E-state index in [0.717, 1.165) is 25.3 Å². The zero-order valence-electron chi connectivity index (χ0n) is 11.7. The minimum atomic E-state index is 0.202. The maximum absolute atomic E-state index is 5.88. The van der Waals surface area contributed by atoms with E-state index >= 15 is 0 Å². The highest BCUT2D eigenvalue weighted by molar-refractivity contribution is 5.01. The molecule has 1 aromatic heterocycles. The van der Waals surface area contributed by atoms with Crippen LogP contribution in [0.3, 0.4) is 0 Å². The first-order valence-corrected chi connectivity index (χ1v) is 6.88. The molecular formula is C14H25N3O. The summed E-state index contributed by atoms with van der Waals surface area (Å²) in [6.45, 7) is 8.71. The molecule has 0 unspecified atom stereocenters. The third kappa shape index (κ3) is 4.10. The number of rotatable bonds is 4. The molecule has 0 aliphatic carbocycles. The Morgan fingerprint density at radius 2 is 2.28 bits per heavy atom. The summed E-state index contributed by atoms with van der Waals surface area (Å²) in [5.41, 5.74) is 1.50. The summed E-state index contributed by atoms with van der Waals surface area (Å²) in [6.07, 6.45) is 7.22. The number of aromatic nitrogens is 2. The van der Waals surface area contributed by atoms with E-state index in [-0.39, 0.29) is 6.10 Å². The number of hydrogen-bond acceptors (Lipinski definition) is 3. The molecule has 0 radical (unpaired) electrons. The SMILES string of the molecule is CC(C)(C)CCN[C@H]1CC[C@H](c2cnc[nH]2)OC1. The number of H-pyrrole nitrogens is 1. The van der Waals surface area contributed by atoms with Crippen LogP contribution in [0, 0.1) is 5.41 Å². The van der Waals surface area contributed by atoms with Gasteiger partial charge in [-0.05, 0) is 31.2 Å². The lowest BCUT2D eigenvalue weighted by Crippen LogP contribution is -2.39. The smallest absolute Gasteiger partial charge is 0.0989 e. The van der Waals surface area contributed by atoms with E-state index in [1.54, 1.807) is 6.33 Å². The second-order valence-corrected chi connectivity index (χ2v) is 6.37. The van der Waals surface area contributed by atoms with E-state index in [4.69, 9.17) is 4.74 Å². The normalized spacial score (nSPS) is 25.3. The topological polar surface area (TPSA) is 49.9 Å². The molecule has 2 rings (SSSR count). The van der Waals surface area contributed by atoms with Crippen LogP contribution >= 0.6 is 0 Å². The van der Waals surface area contributed by atoms with Gasteiger partial charge >= 0.3 is 0 Å². The van der Waals surface area contributed by atoms with Gasteiger partial charge in [0.2, 0.25) is 0 Å². The number of hydrogen-bond donors (Lipinski definition) is 2. The molecule has 18 heavy (non-hydrogen) atoms. The predicted molar refractivity (Wildman–Crippen MR) is 72.4 cm³/mol. The Morgan fingerprint density at radius 1 is 1.44 bits per heavy atom. The van der Waals surface area contributed by atoms with Gasteiger partial charge in [-0.25, -0.2) is 4.98 Å². The molecule has 4 heteroatoms. The molecule has 0 bridgehead atoms. The lowest BCUT2D eigenvalue weighted by Gasteiger charge is -2.30. The van der Waals surface area contributed by atoms with Crippen molar-refractivity contribution < 1.29 is 4.74 Å². The quantitative estimate of drug-likeness (QED) is 0.865. The van der Waals surface area contributed by atoms with Crippen molar-refractivity contribution in [2.75, 3.05) is 13.2 Å². The minimum absolute atomic E-state index is 0.202. The molecule has 2 heterocycles. The van der Waals surface area contributed by atoms with Crippen LogP contribution in [0.4, 0.5) is 0 Å². The second-order valence-electron chi connectivity index (χ2n) is 6.37. The fourth-order valence-corrected chi connectivity index (χ4v) is 2.25. The van der Waals surface area contributed by atoms with Crippen LogP contribution in [-0.2, 0) is 4.74 Å². The Hall–Kier alpha value is -0.870. The van der Waals surface area contributed by atoms with Crippen molar-refractivity contribution in [3.8, 4) is 0 Å². The summed E-state index contributed by atoms with van der Waals surface area (Å²) in [4.78, 5) is 7.17. The fourth-order valence-electron chi connectivity index (χ4n) is 2.25. The maximum Gasteiger partial charge on any atom is 0.0989 e. The number of imidazole rings is 1. The van der Waals surface area contributed by atoms with Crippen LogP contribution in [0.1, 0.15) is 51.8 Å². The molecular weight excluding hydrogens is 226 g/mol. The summed E-state index contributed by atoms with van der Waals surface area (Å²) in [5, 5.41) is 3.59. The van der Waals surface area contributed by atoms with Gasteiger partial charge in [0.25, 0.3) is 0 Å². The highest BCUT2D eigenvalue weighted by Crippen LogP contribution is 2.26. The van der Waals surface area contributed by atoms with Crippen molar-refractivity contribution in [1.82, 2.24) is 15.3 Å². The Balaban J connectivity index is 1.68. The molecule has 102 valence electrons. The van der Waals surface area contributed by atoms with Crippen LogP contribution in [0.25, 0.3) is 0 Å². The Kier molecular flexibility index (Phi) is 4.40. The largest absolute Gasteiger partial charge is 0.370 e. The molecule has 0 aromatic carbocycles. The van der Waals surface area contributed by atoms with Gasteiger partial charge in [0.05, 0.1) is 30.9 Å². The molecule has 1 aliphatic rings. The van der Waals surface area contributed by atoms with Crippen molar-refractivity contribution >= 4 is 0 Å². The molecule has 4 nitrogen and oxygen atoms in total. The summed E-state index contributed by atoms with van der Waals surface area (Å²) in [6, 6.07) is 0.506. The molecule has 1 aromatic rings. The van der Waals surface area contributed by atoms with Crippen molar-refractivity contribution in [1.29, 1.82) is 0 Å². The third-order valence-electron chi connectivity index (χ3n) is 3.45. The van der Waals surface area contributed by atoms with E-state index < -0.39 is 0 Å². The van der Waals surface area contributed by atoms with Gasteiger partial charge in [0.15, 0.2) is 0 Å². The predicted octanol–water partition coefficient (Wildman–Crippen LogP) is 2.66. The maximum atomic E-state index is 5.88. The van der Waals surface area contributed by atoms with Gasteiger partial charge in [-0.1, -0.05) is 20.8 Å². The summed E-state index contributed by atoms with van der Waals surface area (Å²) in [5.74, 6) is 0. The molecule has 1 aliphatic heterocycles. The van der Waals surface area contributed by atoms with Crippen molar-refractivity contribution in [3.05, 3.63) is 18.2 Å². The molecule has 2 atom stereocenters. The van der Waals surface area contributed by atoms with Gasteiger partial charge in [0.1, 0.15) is 0 Å². The molecule has 0 spiro atoms. The molecule has 0 amide bonds. The second kappa shape index (κ2) is 5.85. The van der Waals surface area contributed by atoms with E-state index in [1.807, 2.05) is 6.20 Å². The first-order valence-electron chi connectivity index (χ1n) is 6.88. The van der Waals surface area contributed by atoms with Gasteiger partial charge in [-0.3, -0.25) is 0 Å². The number of ether oxygens (including phenoxy) is 1.